The van der Waals surface area contributed by atoms with Crippen LogP contribution >= 0.6 is 0 Å². The van der Waals surface area contributed by atoms with Crippen molar-refractivity contribution in [2.45, 2.75) is 6.92 Å². The molecule has 0 atom stereocenters. The molecule has 0 aliphatic rings. The third-order valence-corrected chi connectivity index (χ3v) is 2.59. The van der Waals surface area contributed by atoms with E-state index in [-0.39, 0.29) is 28.5 Å². The molecule has 0 aliphatic heterocycles. The molecule has 2 aromatic carbocycles. The Labute approximate surface area is 113 Å². The Morgan fingerprint density at radius 1 is 1.25 bits per heavy atom. The van der Waals surface area contributed by atoms with E-state index in [0.29, 0.717) is 0 Å². The van der Waals surface area contributed by atoms with Gasteiger partial charge in [-0.1, -0.05) is 12.1 Å². The Morgan fingerprint density at radius 3 is 2.60 bits per heavy atom. The molecule has 0 aromatic heterocycles. The fourth-order valence-corrected chi connectivity index (χ4v) is 1.67. The summed E-state index contributed by atoms with van der Waals surface area (Å²) in [5, 5.41) is 10.7. The van der Waals surface area contributed by atoms with Gasteiger partial charge in [0, 0.05) is 6.07 Å². The van der Waals surface area contributed by atoms with Gasteiger partial charge in [0.25, 0.3) is 5.69 Å². The minimum absolute atomic E-state index is 0.0801. The van der Waals surface area contributed by atoms with Gasteiger partial charge in [-0.15, -0.1) is 0 Å². The molecule has 20 heavy (non-hydrogen) atoms. The molecule has 5 nitrogen and oxygen atoms in total. The number of non-ortho nitro benzene ring substituents is 1. The third kappa shape index (κ3) is 2.80. The molecule has 0 spiro atoms. The largest absolute Gasteiger partial charge is 0.453 e. The van der Waals surface area contributed by atoms with Crippen LogP contribution in [0.2, 0.25) is 0 Å². The van der Waals surface area contributed by atoms with Crippen molar-refractivity contribution in [3.05, 3.63) is 64.0 Å². The summed E-state index contributed by atoms with van der Waals surface area (Å²) in [6, 6.07) is 9.30. The molecular weight excluding hydrogens is 265 g/mol. The fraction of sp³-hybridized carbons (Fsp3) is 0.0714. The number of nitrogens with zero attached hydrogens (tertiary/aromatic N) is 1. The highest BCUT2D eigenvalue weighted by atomic mass is 19.1. The zero-order valence-electron chi connectivity index (χ0n) is 10.5. The molecule has 102 valence electrons. The number of para-hydroxylation sites is 1. The maximum Gasteiger partial charge on any atom is 0.273 e. The number of nitro benzene ring substituents is 1. The van der Waals surface area contributed by atoms with E-state index in [1.54, 1.807) is 0 Å². The van der Waals surface area contributed by atoms with Crippen molar-refractivity contribution >= 4 is 11.5 Å². The predicted octanol–water partition coefficient (Wildman–Crippen LogP) is 3.73. The molecule has 0 N–H and O–H groups in total. The first-order valence-electron chi connectivity index (χ1n) is 5.71. The highest BCUT2D eigenvalue weighted by molar-refractivity contribution is 5.96. The molecule has 0 bridgehead atoms. The van der Waals surface area contributed by atoms with E-state index < -0.39 is 10.7 Å². The van der Waals surface area contributed by atoms with E-state index in [4.69, 9.17) is 4.74 Å². The first-order valence-corrected chi connectivity index (χ1v) is 5.71. The standard InChI is InChI=1S/C14H10FNO4/c1-9(17)12-6-3-7-13(15)14(12)20-11-5-2-4-10(8-11)16(18)19/h2-8H,1H3. The molecule has 0 aliphatic carbocycles. The van der Waals surface area contributed by atoms with E-state index in [0.717, 1.165) is 12.1 Å². The number of nitro groups is 1. The van der Waals surface area contributed by atoms with E-state index in [1.807, 2.05) is 0 Å². The van der Waals surface area contributed by atoms with Crippen LogP contribution in [0.25, 0.3) is 0 Å². The molecule has 2 aromatic rings. The van der Waals surface area contributed by atoms with Gasteiger partial charge in [0.1, 0.15) is 5.75 Å². The third-order valence-electron chi connectivity index (χ3n) is 2.59. The van der Waals surface area contributed by atoms with Crippen LogP contribution in [0.1, 0.15) is 17.3 Å². The van der Waals surface area contributed by atoms with Gasteiger partial charge in [-0.25, -0.2) is 4.39 Å². The van der Waals surface area contributed by atoms with Crippen LogP contribution in [-0.4, -0.2) is 10.7 Å². The topological polar surface area (TPSA) is 69.4 Å². The van der Waals surface area contributed by atoms with Crippen LogP contribution in [0.5, 0.6) is 11.5 Å². The van der Waals surface area contributed by atoms with E-state index >= 15 is 0 Å². The van der Waals surface area contributed by atoms with E-state index in [1.165, 1.54) is 37.3 Å². The highest BCUT2D eigenvalue weighted by Crippen LogP contribution is 2.30. The maximum atomic E-state index is 13.7. The molecule has 0 heterocycles. The monoisotopic (exact) mass is 275 g/mol. The average molecular weight is 275 g/mol. The molecule has 0 fully saturated rings. The number of ketones is 1. The number of hydrogen-bond acceptors (Lipinski definition) is 4. The lowest BCUT2D eigenvalue weighted by Gasteiger charge is -2.10. The maximum absolute atomic E-state index is 13.7. The number of hydrogen-bond donors (Lipinski definition) is 0. The van der Waals surface area contributed by atoms with E-state index in [2.05, 4.69) is 0 Å². The summed E-state index contributed by atoms with van der Waals surface area (Å²) in [4.78, 5) is 21.5. The normalized spacial score (nSPS) is 10.1. The van der Waals surface area contributed by atoms with Gasteiger partial charge in [-0.2, -0.15) is 0 Å². The zero-order valence-corrected chi connectivity index (χ0v) is 10.5. The SMILES string of the molecule is CC(=O)c1cccc(F)c1Oc1cccc([N+](=O)[O-])c1. The van der Waals surface area contributed by atoms with Crippen LogP contribution in [0.4, 0.5) is 10.1 Å². The second-order valence-electron chi connectivity index (χ2n) is 4.03. The van der Waals surface area contributed by atoms with Gasteiger partial charge in [0.05, 0.1) is 16.6 Å². The van der Waals surface area contributed by atoms with Crippen LogP contribution in [-0.2, 0) is 0 Å². The summed E-state index contributed by atoms with van der Waals surface area (Å²) >= 11 is 0. The number of benzene rings is 2. The van der Waals surface area contributed by atoms with Crippen molar-refractivity contribution < 1.29 is 18.8 Å². The molecule has 0 saturated heterocycles. The number of Topliss-reactive ketones (excluding diaryl/α,β-unsaturated/α-hetero) is 1. The summed E-state index contributed by atoms with van der Waals surface area (Å²) in [6.45, 7) is 1.29. The van der Waals surface area contributed by atoms with Gasteiger partial charge in [-0.05, 0) is 25.1 Å². The van der Waals surface area contributed by atoms with Crippen molar-refractivity contribution in [2.75, 3.05) is 0 Å². The second kappa shape index (κ2) is 5.48. The molecule has 0 saturated carbocycles. The quantitative estimate of drug-likeness (QED) is 0.484. The average Bonchev–Trinajstić information content (AvgIpc) is 2.41. The molecule has 0 radical (unpaired) electrons. The van der Waals surface area contributed by atoms with Crippen molar-refractivity contribution in [1.29, 1.82) is 0 Å². The predicted molar refractivity (Wildman–Crippen MR) is 69.6 cm³/mol. The van der Waals surface area contributed by atoms with Gasteiger partial charge >= 0.3 is 0 Å². The summed E-state index contributed by atoms with van der Waals surface area (Å²) in [5.41, 5.74) is -0.0975. The Balaban J connectivity index is 2.42. The van der Waals surface area contributed by atoms with Crippen molar-refractivity contribution in [3.63, 3.8) is 0 Å². The molecule has 2 rings (SSSR count). The van der Waals surface area contributed by atoms with E-state index in [9.17, 15) is 19.3 Å². The number of carbonyl (C=O) groups is 1. The Morgan fingerprint density at radius 2 is 1.95 bits per heavy atom. The summed E-state index contributed by atoms with van der Waals surface area (Å²) in [6.07, 6.45) is 0. The number of halogens is 1. The van der Waals surface area contributed by atoms with Gasteiger partial charge in [0.2, 0.25) is 0 Å². The number of ether oxygens (including phenoxy) is 1. The number of rotatable bonds is 4. The Kier molecular flexibility index (Phi) is 3.74. The molecule has 6 heteroatoms. The van der Waals surface area contributed by atoms with Crippen LogP contribution in [0, 0.1) is 15.9 Å². The second-order valence-corrected chi connectivity index (χ2v) is 4.03. The van der Waals surface area contributed by atoms with Crippen LogP contribution in [0.3, 0.4) is 0 Å². The lowest BCUT2D eigenvalue weighted by atomic mass is 10.1. The minimum Gasteiger partial charge on any atom is -0.453 e. The molecule has 0 unspecified atom stereocenters. The van der Waals surface area contributed by atoms with Crippen molar-refractivity contribution in [1.82, 2.24) is 0 Å². The Hall–Kier alpha value is -2.76. The smallest absolute Gasteiger partial charge is 0.273 e. The Bertz CT molecular complexity index is 685. The fourth-order valence-electron chi connectivity index (χ4n) is 1.67. The lowest BCUT2D eigenvalue weighted by molar-refractivity contribution is -0.384. The molecule has 0 amide bonds. The van der Waals surface area contributed by atoms with Gasteiger partial charge in [-0.3, -0.25) is 14.9 Å². The summed E-state index contributed by atoms with van der Waals surface area (Å²) < 4.78 is 19.0. The first kappa shape index (κ1) is 13.7. The van der Waals surface area contributed by atoms with Crippen molar-refractivity contribution in [3.8, 4) is 11.5 Å². The summed E-state index contributed by atoms with van der Waals surface area (Å²) in [7, 11) is 0. The van der Waals surface area contributed by atoms with Gasteiger partial charge in [0.15, 0.2) is 17.3 Å². The van der Waals surface area contributed by atoms with Crippen LogP contribution in [0.15, 0.2) is 42.5 Å². The summed E-state index contributed by atoms with van der Waals surface area (Å²) in [5.74, 6) is -1.21. The highest BCUT2D eigenvalue weighted by Gasteiger charge is 2.15. The molecular formula is C14H10FNO4. The number of carbonyl (C=O) groups excluding carboxylic acids is 1. The zero-order chi connectivity index (χ0) is 14.7. The van der Waals surface area contributed by atoms with Crippen molar-refractivity contribution in [2.24, 2.45) is 0 Å². The minimum atomic E-state index is -0.704. The first-order chi connectivity index (χ1) is 9.49. The van der Waals surface area contributed by atoms with Crippen LogP contribution < -0.4 is 4.74 Å². The lowest BCUT2D eigenvalue weighted by Crippen LogP contribution is -1.99. The van der Waals surface area contributed by atoms with Gasteiger partial charge < -0.3 is 4.74 Å².